The van der Waals surface area contributed by atoms with E-state index >= 15 is 0 Å². The molecule has 2 heterocycles. The van der Waals surface area contributed by atoms with E-state index in [0.29, 0.717) is 48.0 Å². The van der Waals surface area contributed by atoms with E-state index in [0.717, 1.165) is 45.6 Å². The lowest BCUT2D eigenvalue weighted by atomic mass is 9.93. The molecule has 0 N–H and O–H groups in total. The maximum atomic E-state index is 12.9. The van der Waals surface area contributed by atoms with Crippen molar-refractivity contribution in [3.63, 3.8) is 0 Å². The molecule has 0 radical (unpaired) electrons. The first kappa shape index (κ1) is 30.8. The highest BCUT2D eigenvalue weighted by Gasteiger charge is 2.46. The largest absolute Gasteiger partial charge is 0.493 e. The van der Waals surface area contributed by atoms with Crippen LogP contribution in [0.1, 0.15) is 37.7 Å². The minimum absolute atomic E-state index is 0.0258. The van der Waals surface area contributed by atoms with Crippen LogP contribution in [-0.4, -0.2) is 49.2 Å². The van der Waals surface area contributed by atoms with E-state index in [4.69, 9.17) is 18.9 Å². The molecule has 12 heteroatoms. The van der Waals surface area contributed by atoms with Gasteiger partial charge in [0, 0.05) is 41.4 Å². The van der Waals surface area contributed by atoms with Crippen molar-refractivity contribution in [1.82, 2.24) is 0 Å². The number of benzene rings is 3. The number of rotatable bonds is 9. The molecule has 0 atom stereocenters. The molecule has 2 aliphatic heterocycles. The molecule has 234 valence electrons. The maximum Gasteiger partial charge on any atom is 0.348 e. The Balaban J connectivity index is 1.23. The van der Waals surface area contributed by atoms with Crippen LogP contribution in [0.15, 0.2) is 76.2 Å². The van der Waals surface area contributed by atoms with Crippen molar-refractivity contribution in [3.05, 3.63) is 87.0 Å². The lowest BCUT2D eigenvalue weighted by Gasteiger charge is -2.38. The Hall–Kier alpha value is -4.16. The SMILES string of the molecule is COc1cc(CSCCN2C(=CC=C3C(=O)OC4(CCCCC4)OC3=O)Sc3cc4ccccc4cc32)c([N+](=O)[O-])cc1OC. The van der Waals surface area contributed by atoms with Gasteiger partial charge >= 0.3 is 11.9 Å². The normalized spacial score (nSPS) is 18.1. The Bertz CT molecular complexity index is 1710. The van der Waals surface area contributed by atoms with Gasteiger partial charge in [-0.1, -0.05) is 42.4 Å². The van der Waals surface area contributed by atoms with E-state index in [9.17, 15) is 19.7 Å². The van der Waals surface area contributed by atoms with Crippen LogP contribution in [0.25, 0.3) is 10.8 Å². The van der Waals surface area contributed by atoms with Crippen molar-refractivity contribution >= 4 is 57.6 Å². The zero-order chi connectivity index (χ0) is 31.6. The van der Waals surface area contributed by atoms with Crippen molar-refractivity contribution in [2.75, 3.05) is 31.4 Å². The third-order valence-corrected chi connectivity index (χ3v) is 10.2. The van der Waals surface area contributed by atoms with Crippen LogP contribution in [0.2, 0.25) is 0 Å². The molecule has 0 bridgehead atoms. The van der Waals surface area contributed by atoms with Crippen LogP contribution in [0, 0.1) is 10.1 Å². The number of anilines is 1. The fraction of sp³-hybridized carbons (Fsp3) is 0.333. The summed E-state index contributed by atoms with van der Waals surface area (Å²) in [5.74, 6) is -0.683. The zero-order valence-corrected chi connectivity index (χ0v) is 26.5. The van der Waals surface area contributed by atoms with Gasteiger partial charge in [0.05, 0.1) is 35.9 Å². The van der Waals surface area contributed by atoms with E-state index < -0.39 is 22.6 Å². The number of thioether (sulfide) groups is 2. The predicted molar refractivity (Wildman–Crippen MR) is 174 cm³/mol. The van der Waals surface area contributed by atoms with Crippen molar-refractivity contribution in [3.8, 4) is 11.5 Å². The number of nitro groups is 1. The Kier molecular flexibility index (Phi) is 8.95. The number of esters is 2. The van der Waals surface area contributed by atoms with E-state index in [-0.39, 0.29) is 11.3 Å². The van der Waals surface area contributed by atoms with Crippen LogP contribution >= 0.6 is 23.5 Å². The molecule has 10 nitrogen and oxygen atoms in total. The van der Waals surface area contributed by atoms with Gasteiger partial charge in [0.25, 0.3) is 11.5 Å². The van der Waals surface area contributed by atoms with Gasteiger partial charge in [0.15, 0.2) is 11.5 Å². The van der Waals surface area contributed by atoms with Crippen molar-refractivity contribution < 1.29 is 33.5 Å². The number of methoxy groups -OCH3 is 2. The Morgan fingerprint density at radius 1 is 0.978 bits per heavy atom. The van der Waals surface area contributed by atoms with Gasteiger partial charge in [-0.05, 0) is 54.0 Å². The molecule has 1 saturated carbocycles. The van der Waals surface area contributed by atoms with Crippen LogP contribution in [0.3, 0.4) is 0 Å². The Morgan fingerprint density at radius 2 is 1.64 bits per heavy atom. The minimum Gasteiger partial charge on any atom is -0.493 e. The zero-order valence-electron chi connectivity index (χ0n) is 24.9. The Morgan fingerprint density at radius 3 is 2.31 bits per heavy atom. The lowest BCUT2D eigenvalue weighted by Crippen LogP contribution is -2.47. The fourth-order valence-electron chi connectivity index (χ4n) is 5.81. The highest BCUT2D eigenvalue weighted by atomic mass is 32.2. The summed E-state index contributed by atoms with van der Waals surface area (Å²) in [6.07, 6.45) is 7.01. The van der Waals surface area contributed by atoms with E-state index in [1.807, 2.05) is 12.1 Å². The summed E-state index contributed by atoms with van der Waals surface area (Å²) < 4.78 is 21.9. The number of hydrogen-bond acceptors (Lipinski definition) is 11. The molecule has 0 unspecified atom stereocenters. The molecule has 3 aromatic carbocycles. The van der Waals surface area contributed by atoms with E-state index in [2.05, 4.69) is 29.2 Å². The molecular weight excluding hydrogens is 617 g/mol. The maximum absolute atomic E-state index is 12.9. The first-order valence-corrected chi connectivity index (χ1v) is 16.6. The molecule has 45 heavy (non-hydrogen) atoms. The summed E-state index contributed by atoms with van der Waals surface area (Å²) >= 11 is 3.11. The molecule has 0 aromatic heterocycles. The molecule has 1 spiro atoms. The van der Waals surface area contributed by atoms with Crippen LogP contribution < -0.4 is 14.4 Å². The number of hydrogen-bond donors (Lipinski definition) is 0. The highest BCUT2D eigenvalue weighted by molar-refractivity contribution is 8.03. The molecule has 3 aromatic rings. The number of ether oxygens (including phenoxy) is 4. The van der Waals surface area contributed by atoms with Crippen LogP contribution in [-0.2, 0) is 24.8 Å². The van der Waals surface area contributed by atoms with Gasteiger partial charge in [-0.15, -0.1) is 0 Å². The third-order valence-electron chi connectivity index (χ3n) is 8.10. The topological polar surface area (TPSA) is 117 Å². The summed E-state index contributed by atoms with van der Waals surface area (Å²) in [7, 11) is 2.94. The highest BCUT2D eigenvalue weighted by Crippen LogP contribution is 2.48. The molecular formula is C33H32N2O8S2. The minimum atomic E-state index is -1.14. The number of nitro benzene ring substituents is 1. The summed E-state index contributed by atoms with van der Waals surface area (Å²) in [6, 6.07) is 15.4. The average molecular weight is 649 g/mol. The summed E-state index contributed by atoms with van der Waals surface area (Å²) in [5, 5.41) is 14.8. The quantitative estimate of drug-likeness (QED) is 0.0588. The van der Waals surface area contributed by atoms with Gasteiger partial charge in [0.1, 0.15) is 5.57 Å². The standard InChI is InChI=1S/C33H32N2O8S2/c1-40-27-17-23(25(35(38)39)19-28(27)41-2)20-44-15-14-34-26-16-21-8-4-5-9-22(21)18-29(26)45-30(34)11-10-24-31(36)42-33(43-32(24)37)12-6-3-7-13-33/h4-5,8-11,16-19H,3,6-7,12-15,20H2,1-2H3. The number of nitrogens with zero attached hydrogens (tertiary/aromatic N) is 2. The van der Waals surface area contributed by atoms with Gasteiger partial charge in [-0.2, -0.15) is 11.8 Å². The first-order valence-electron chi connectivity index (χ1n) is 14.6. The van der Waals surface area contributed by atoms with Crippen molar-refractivity contribution in [2.45, 2.75) is 48.5 Å². The third kappa shape index (κ3) is 6.34. The van der Waals surface area contributed by atoms with Crippen molar-refractivity contribution in [2.24, 2.45) is 0 Å². The number of fused-ring (bicyclic) bond motifs is 2. The molecule has 1 saturated heterocycles. The first-order chi connectivity index (χ1) is 21.8. The summed E-state index contributed by atoms with van der Waals surface area (Å²) in [5.41, 5.74) is 1.39. The van der Waals surface area contributed by atoms with Gasteiger partial charge in [-0.3, -0.25) is 10.1 Å². The number of carbonyl (C=O) groups is 2. The second kappa shape index (κ2) is 13.1. The lowest BCUT2D eigenvalue weighted by molar-refractivity contribution is -0.385. The second-order valence-corrected chi connectivity index (χ2v) is 13.1. The monoisotopic (exact) mass is 648 g/mol. The molecule has 3 aliphatic rings. The van der Waals surface area contributed by atoms with Gasteiger partial charge in [-0.25, -0.2) is 9.59 Å². The average Bonchev–Trinajstić information content (AvgIpc) is 3.37. The Labute approximate surface area is 268 Å². The van der Waals surface area contributed by atoms with Crippen molar-refractivity contribution in [1.29, 1.82) is 0 Å². The van der Waals surface area contributed by atoms with Crippen LogP contribution in [0.5, 0.6) is 11.5 Å². The van der Waals surface area contributed by atoms with Gasteiger partial charge < -0.3 is 23.8 Å². The van der Waals surface area contributed by atoms with E-state index in [1.165, 1.54) is 26.4 Å². The molecule has 2 fully saturated rings. The van der Waals surface area contributed by atoms with Crippen LogP contribution in [0.4, 0.5) is 11.4 Å². The predicted octanol–water partition coefficient (Wildman–Crippen LogP) is 7.14. The number of carbonyl (C=O) groups excluding carboxylic acids is 2. The summed E-state index contributed by atoms with van der Waals surface area (Å²) in [6.45, 7) is 0.580. The smallest absolute Gasteiger partial charge is 0.348 e. The van der Waals surface area contributed by atoms with Gasteiger partial charge in [0.2, 0.25) is 0 Å². The molecule has 6 rings (SSSR count). The fourth-order valence-corrected chi connectivity index (χ4v) is 7.84. The molecule has 0 amide bonds. The number of allylic oxidation sites excluding steroid dienone is 2. The molecule has 1 aliphatic carbocycles. The second-order valence-electron chi connectivity index (χ2n) is 10.9. The summed E-state index contributed by atoms with van der Waals surface area (Å²) in [4.78, 5) is 40.4. The van der Waals surface area contributed by atoms with E-state index in [1.54, 1.807) is 35.7 Å².